The van der Waals surface area contributed by atoms with Gasteiger partial charge in [0.05, 0.1) is 12.4 Å². The lowest BCUT2D eigenvalue weighted by atomic mass is 10.4. The third-order valence-electron chi connectivity index (χ3n) is 2.00. The molecule has 1 rings (SSSR count). The van der Waals surface area contributed by atoms with Crippen molar-refractivity contribution in [3.05, 3.63) is 23.7 Å². The number of thioether (sulfide) groups is 1. The predicted molar refractivity (Wildman–Crippen MR) is 66.4 cm³/mol. The molecule has 0 aliphatic rings. The van der Waals surface area contributed by atoms with Crippen LogP contribution in [0.2, 0.25) is 0 Å². The van der Waals surface area contributed by atoms with Gasteiger partial charge in [-0.2, -0.15) is 11.8 Å². The highest BCUT2D eigenvalue weighted by atomic mass is 32.2. The number of rotatable bonds is 7. The van der Waals surface area contributed by atoms with Crippen LogP contribution in [0.25, 0.3) is 0 Å². The van der Waals surface area contributed by atoms with E-state index in [2.05, 4.69) is 0 Å². The fraction of sp³-hybridized carbons (Fsp3) is 0.455. The van der Waals surface area contributed by atoms with Crippen LogP contribution in [-0.2, 0) is 15.3 Å². The minimum Gasteiger partial charge on any atom is -0.475 e. The standard InChI is InChI=1S/C11H15NO5S/c1-2-16-11(15)8(12)6-18-5-7-3-4-9(17-7)10(13)14/h3-4,8H,2,5-6,12H2,1H3,(H,13,14). The highest BCUT2D eigenvalue weighted by Gasteiger charge is 2.15. The Bertz CT molecular complexity index is 417. The van der Waals surface area contributed by atoms with E-state index >= 15 is 0 Å². The van der Waals surface area contributed by atoms with E-state index < -0.39 is 18.0 Å². The van der Waals surface area contributed by atoms with E-state index in [1.807, 2.05) is 0 Å². The van der Waals surface area contributed by atoms with Gasteiger partial charge in [0.15, 0.2) is 0 Å². The largest absolute Gasteiger partial charge is 0.475 e. The highest BCUT2D eigenvalue weighted by Crippen LogP contribution is 2.16. The molecular weight excluding hydrogens is 258 g/mol. The Hall–Kier alpha value is -1.47. The van der Waals surface area contributed by atoms with Crippen molar-refractivity contribution in [3.63, 3.8) is 0 Å². The molecule has 7 heteroatoms. The molecule has 0 aliphatic carbocycles. The summed E-state index contributed by atoms with van der Waals surface area (Å²) in [5.74, 6) is -0.249. The first kappa shape index (κ1) is 14.6. The van der Waals surface area contributed by atoms with Crippen molar-refractivity contribution in [1.29, 1.82) is 0 Å². The van der Waals surface area contributed by atoms with Gasteiger partial charge in [-0.3, -0.25) is 4.79 Å². The molecular formula is C11H15NO5S. The summed E-state index contributed by atoms with van der Waals surface area (Å²) < 4.78 is 9.82. The van der Waals surface area contributed by atoms with E-state index in [-0.39, 0.29) is 5.76 Å². The lowest BCUT2D eigenvalue weighted by Crippen LogP contribution is -2.34. The summed E-state index contributed by atoms with van der Waals surface area (Å²) in [6.07, 6.45) is 0. The molecule has 0 bridgehead atoms. The fourth-order valence-electron chi connectivity index (χ4n) is 1.17. The number of carbonyl (C=O) groups is 2. The SMILES string of the molecule is CCOC(=O)C(N)CSCc1ccc(C(=O)O)o1. The molecule has 1 aromatic rings. The zero-order chi connectivity index (χ0) is 13.5. The van der Waals surface area contributed by atoms with Crippen LogP contribution in [0, 0.1) is 0 Å². The van der Waals surface area contributed by atoms with E-state index in [0.717, 1.165) is 0 Å². The summed E-state index contributed by atoms with van der Waals surface area (Å²) >= 11 is 1.38. The minimum absolute atomic E-state index is 0.0970. The van der Waals surface area contributed by atoms with E-state index in [9.17, 15) is 9.59 Å². The Balaban J connectivity index is 2.32. The Labute approximate surface area is 108 Å². The summed E-state index contributed by atoms with van der Waals surface area (Å²) in [7, 11) is 0. The summed E-state index contributed by atoms with van der Waals surface area (Å²) in [6, 6.07) is 2.31. The smallest absolute Gasteiger partial charge is 0.371 e. The summed E-state index contributed by atoms with van der Waals surface area (Å²) in [6.45, 7) is 2.02. The molecule has 0 aliphatic heterocycles. The lowest BCUT2D eigenvalue weighted by Gasteiger charge is -2.09. The number of esters is 1. The van der Waals surface area contributed by atoms with Gasteiger partial charge in [0, 0.05) is 5.75 Å². The Morgan fingerprint density at radius 2 is 2.28 bits per heavy atom. The van der Waals surface area contributed by atoms with Crippen LogP contribution < -0.4 is 5.73 Å². The molecule has 0 spiro atoms. The van der Waals surface area contributed by atoms with Crippen molar-refractivity contribution in [2.24, 2.45) is 5.73 Å². The number of aromatic carboxylic acids is 1. The Kier molecular flexibility index (Phi) is 5.73. The molecule has 1 aromatic heterocycles. The molecule has 100 valence electrons. The van der Waals surface area contributed by atoms with Crippen LogP contribution in [-0.4, -0.2) is 35.4 Å². The van der Waals surface area contributed by atoms with E-state index in [1.165, 1.54) is 17.8 Å². The predicted octanol–water partition coefficient (Wildman–Crippen LogP) is 1.10. The van der Waals surface area contributed by atoms with Crippen molar-refractivity contribution < 1.29 is 23.8 Å². The van der Waals surface area contributed by atoms with Gasteiger partial charge in [-0.25, -0.2) is 4.79 Å². The molecule has 1 unspecified atom stereocenters. The van der Waals surface area contributed by atoms with Crippen molar-refractivity contribution in [3.8, 4) is 0 Å². The van der Waals surface area contributed by atoms with E-state index in [1.54, 1.807) is 13.0 Å². The molecule has 0 fully saturated rings. The maximum absolute atomic E-state index is 11.2. The molecule has 18 heavy (non-hydrogen) atoms. The number of furan rings is 1. The Morgan fingerprint density at radius 3 is 2.83 bits per heavy atom. The van der Waals surface area contributed by atoms with Crippen molar-refractivity contribution in [1.82, 2.24) is 0 Å². The first-order chi connectivity index (χ1) is 8.54. The van der Waals surface area contributed by atoms with Crippen LogP contribution in [0.15, 0.2) is 16.5 Å². The minimum atomic E-state index is -1.10. The first-order valence-corrected chi connectivity index (χ1v) is 6.52. The van der Waals surface area contributed by atoms with Gasteiger partial charge in [-0.05, 0) is 19.1 Å². The summed E-state index contributed by atoms with van der Waals surface area (Å²) in [4.78, 5) is 21.8. The van der Waals surface area contributed by atoms with Gasteiger partial charge in [0.1, 0.15) is 11.8 Å². The van der Waals surface area contributed by atoms with Gasteiger partial charge < -0.3 is 20.0 Å². The van der Waals surface area contributed by atoms with Crippen LogP contribution in [0.3, 0.4) is 0 Å². The summed E-state index contributed by atoms with van der Waals surface area (Å²) in [5.41, 5.74) is 5.60. The van der Waals surface area contributed by atoms with Crippen molar-refractivity contribution in [2.45, 2.75) is 18.7 Å². The molecule has 1 atom stereocenters. The number of hydrogen-bond acceptors (Lipinski definition) is 6. The zero-order valence-corrected chi connectivity index (χ0v) is 10.7. The number of carbonyl (C=O) groups excluding carboxylic acids is 1. The van der Waals surface area contributed by atoms with Gasteiger partial charge >= 0.3 is 11.9 Å². The second kappa shape index (κ2) is 7.07. The van der Waals surface area contributed by atoms with Gasteiger partial charge in [0.25, 0.3) is 0 Å². The molecule has 0 radical (unpaired) electrons. The van der Waals surface area contributed by atoms with Gasteiger partial charge in [-0.1, -0.05) is 0 Å². The van der Waals surface area contributed by atoms with Crippen LogP contribution in [0.1, 0.15) is 23.2 Å². The zero-order valence-electron chi connectivity index (χ0n) is 9.92. The third kappa shape index (κ3) is 4.42. The molecule has 0 saturated carbocycles. The average molecular weight is 273 g/mol. The maximum Gasteiger partial charge on any atom is 0.371 e. The number of carboxylic acid groups (broad SMARTS) is 1. The third-order valence-corrected chi connectivity index (χ3v) is 3.09. The number of carboxylic acids is 1. The quantitative estimate of drug-likeness (QED) is 0.717. The average Bonchev–Trinajstić information content (AvgIpc) is 2.78. The Morgan fingerprint density at radius 1 is 1.56 bits per heavy atom. The van der Waals surface area contributed by atoms with E-state index in [0.29, 0.717) is 23.9 Å². The highest BCUT2D eigenvalue weighted by molar-refractivity contribution is 7.98. The van der Waals surface area contributed by atoms with Crippen molar-refractivity contribution in [2.75, 3.05) is 12.4 Å². The van der Waals surface area contributed by atoms with Crippen LogP contribution in [0.5, 0.6) is 0 Å². The number of hydrogen-bond donors (Lipinski definition) is 2. The maximum atomic E-state index is 11.2. The summed E-state index contributed by atoms with van der Waals surface area (Å²) in [5, 5.41) is 8.66. The van der Waals surface area contributed by atoms with Crippen molar-refractivity contribution >= 4 is 23.7 Å². The fourth-order valence-corrected chi connectivity index (χ4v) is 2.04. The first-order valence-electron chi connectivity index (χ1n) is 5.36. The van der Waals surface area contributed by atoms with Crippen LogP contribution in [0.4, 0.5) is 0 Å². The van der Waals surface area contributed by atoms with Gasteiger partial charge in [0.2, 0.25) is 5.76 Å². The monoisotopic (exact) mass is 273 g/mol. The molecule has 0 saturated heterocycles. The molecule has 0 aromatic carbocycles. The topological polar surface area (TPSA) is 103 Å². The normalized spacial score (nSPS) is 12.1. The van der Waals surface area contributed by atoms with E-state index in [4.69, 9.17) is 20.0 Å². The second-order valence-electron chi connectivity index (χ2n) is 3.44. The molecule has 6 nitrogen and oxygen atoms in total. The molecule has 0 amide bonds. The number of nitrogens with two attached hydrogens (primary N) is 1. The number of ether oxygens (including phenoxy) is 1. The van der Waals surface area contributed by atoms with Crippen LogP contribution >= 0.6 is 11.8 Å². The molecule has 3 N–H and O–H groups in total. The van der Waals surface area contributed by atoms with Gasteiger partial charge in [-0.15, -0.1) is 0 Å². The lowest BCUT2D eigenvalue weighted by molar-refractivity contribution is -0.144. The second-order valence-corrected chi connectivity index (χ2v) is 4.48. The molecule has 1 heterocycles.